The van der Waals surface area contributed by atoms with Crippen molar-refractivity contribution in [2.45, 2.75) is 51.6 Å². The molecule has 0 spiro atoms. The van der Waals surface area contributed by atoms with Gasteiger partial charge in [-0.3, -0.25) is 4.79 Å². The molecule has 3 fully saturated rings. The number of hydrogen-bond acceptors (Lipinski definition) is 3. The van der Waals surface area contributed by atoms with Gasteiger partial charge in [-0.15, -0.1) is 0 Å². The van der Waals surface area contributed by atoms with Crippen molar-refractivity contribution in [3.8, 4) is 0 Å². The van der Waals surface area contributed by atoms with Gasteiger partial charge in [0.1, 0.15) is 0 Å². The van der Waals surface area contributed by atoms with E-state index in [0.717, 1.165) is 18.9 Å². The van der Waals surface area contributed by atoms with Crippen LogP contribution in [0.1, 0.15) is 40.0 Å². The molecule has 104 valence electrons. The summed E-state index contributed by atoms with van der Waals surface area (Å²) in [4.78, 5) is 14.4. The molecule has 3 saturated heterocycles. The fourth-order valence-corrected chi connectivity index (χ4v) is 2.93. The fourth-order valence-electron chi connectivity index (χ4n) is 2.93. The summed E-state index contributed by atoms with van der Waals surface area (Å²) in [7, 11) is 0. The van der Waals surface area contributed by atoms with Crippen LogP contribution in [0.15, 0.2) is 0 Å². The topological polar surface area (TPSA) is 44.4 Å². The number of piperidine rings is 3. The monoisotopic (exact) mass is 253 g/mol. The molecule has 3 aliphatic heterocycles. The zero-order valence-corrected chi connectivity index (χ0v) is 12.0. The van der Waals surface area contributed by atoms with E-state index in [1.165, 1.54) is 25.9 Å². The van der Waals surface area contributed by atoms with Gasteiger partial charge in [0.25, 0.3) is 0 Å². The smallest absolute Gasteiger partial charge is 0.234 e. The first-order valence-corrected chi connectivity index (χ1v) is 7.27. The maximum Gasteiger partial charge on any atom is 0.234 e. The maximum absolute atomic E-state index is 11.9. The summed E-state index contributed by atoms with van der Waals surface area (Å²) < 4.78 is 0. The van der Waals surface area contributed by atoms with Gasteiger partial charge in [0.15, 0.2) is 0 Å². The zero-order valence-electron chi connectivity index (χ0n) is 12.0. The van der Waals surface area contributed by atoms with Gasteiger partial charge in [0, 0.05) is 18.1 Å². The van der Waals surface area contributed by atoms with Crippen LogP contribution in [0.4, 0.5) is 0 Å². The second-order valence-corrected chi connectivity index (χ2v) is 6.41. The zero-order chi connectivity index (χ0) is 13.2. The third kappa shape index (κ3) is 3.45. The SMILES string of the molecule is CCC(C)(C)NC(=O)CNC1CN2CCC1CC2. The van der Waals surface area contributed by atoms with Gasteiger partial charge in [0.2, 0.25) is 5.91 Å². The Bertz CT molecular complexity index is 295. The molecule has 0 radical (unpaired) electrons. The largest absolute Gasteiger partial charge is 0.350 e. The highest BCUT2D eigenvalue weighted by molar-refractivity contribution is 5.78. The van der Waals surface area contributed by atoms with E-state index >= 15 is 0 Å². The lowest BCUT2D eigenvalue weighted by atomic mass is 9.84. The molecule has 0 aromatic rings. The van der Waals surface area contributed by atoms with Crippen LogP contribution in [0.5, 0.6) is 0 Å². The number of nitrogens with zero attached hydrogens (tertiary/aromatic N) is 1. The van der Waals surface area contributed by atoms with Gasteiger partial charge in [-0.05, 0) is 52.1 Å². The van der Waals surface area contributed by atoms with E-state index in [0.29, 0.717) is 12.6 Å². The van der Waals surface area contributed by atoms with Crippen molar-refractivity contribution in [1.82, 2.24) is 15.5 Å². The molecule has 1 amide bonds. The van der Waals surface area contributed by atoms with E-state index in [-0.39, 0.29) is 11.4 Å². The first-order valence-electron chi connectivity index (χ1n) is 7.27. The summed E-state index contributed by atoms with van der Waals surface area (Å²) in [5.41, 5.74) is -0.0895. The van der Waals surface area contributed by atoms with Crippen LogP contribution in [0.2, 0.25) is 0 Å². The van der Waals surface area contributed by atoms with Crippen LogP contribution in [0.25, 0.3) is 0 Å². The summed E-state index contributed by atoms with van der Waals surface area (Å²) in [6.07, 6.45) is 3.54. The van der Waals surface area contributed by atoms with Gasteiger partial charge < -0.3 is 15.5 Å². The van der Waals surface area contributed by atoms with E-state index in [1.807, 2.05) is 0 Å². The molecule has 0 saturated carbocycles. The van der Waals surface area contributed by atoms with E-state index in [1.54, 1.807) is 0 Å². The Morgan fingerprint density at radius 3 is 2.50 bits per heavy atom. The van der Waals surface area contributed by atoms with E-state index in [4.69, 9.17) is 0 Å². The Morgan fingerprint density at radius 1 is 1.33 bits per heavy atom. The molecule has 1 atom stereocenters. The molecule has 2 bridgehead atoms. The summed E-state index contributed by atoms with van der Waals surface area (Å²) in [5.74, 6) is 0.903. The molecule has 0 aromatic heterocycles. The first-order chi connectivity index (χ1) is 8.50. The minimum atomic E-state index is -0.0895. The van der Waals surface area contributed by atoms with Crippen LogP contribution >= 0.6 is 0 Å². The minimum absolute atomic E-state index is 0.0895. The molecule has 3 heterocycles. The van der Waals surface area contributed by atoms with Crippen LogP contribution in [-0.2, 0) is 4.79 Å². The Hall–Kier alpha value is -0.610. The Morgan fingerprint density at radius 2 is 2.00 bits per heavy atom. The lowest BCUT2D eigenvalue weighted by Crippen LogP contribution is -2.58. The van der Waals surface area contributed by atoms with Crippen molar-refractivity contribution in [2.24, 2.45) is 5.92 Å². The molecule has 0 aliphatic carbocycles. The van der Waals surface area contributed by atoms with E-state index in [9.17, 15) is 4.79 Å². The normalized spacial score (nSPS) is 31.4. The lowest BCUT2D eigenvalue weighted by molar-refractivity contribution is -0.122. The van der Waals surface area contributed by atoms with Crippen molar-refractivity contribution >= 4 is 5.91 Å². The summed E-state index contributed by atoms with van der Waals surface area (Å²) >= 11 is 0. The highest BCUT2D eigenvalue weighted by Crippen LogP contribution is 2.27. The number of carbonyl (C=O) groups is 1. The number of nitrogens with one attached hydrogen (secondary N) is 2. The standard InChI is InChI=1S/C14H27N3O/c1-4-14(2,3)16-13(18)9-15-12-10-17-7-5-11(12)6-8-17/h11-12,15H,4-10H2,1-3H3,(H,16,18). The average molecular weight is 253 g/mol. The second-order valence-electron chi connectivity index (χ2n) is 6.41. The quantitative estimate of drug-likeness (QED) is 0.767. The number of hydrogen-bond donors (Lipinski definition) is 2. The Labute approximate surface area is 110 Å². The highest BCUT2D eigenvalue weighted by Gasteiger charge is 2.34. The van der Waals surface area contributed by atoms with Gasteiger partial charge in [-0.1, -0.05) is 6.92 Å². The third-order valence-electron chi connectivity index (χ3n) is 4.54. The van der Waals surface area contributed by atoms with Crippen molar-refractivity contribution in [2.75, 3.05) is 26.2 Å². The number of carbonyl (C=O) groups excluding carboxylic acids is 1. The van der Waals surface area contributed by atoms with Gasteiger partial charge in [-0.2, -0.15) is 0 Å². The molecule has 2 N–H and O–H groups in total. The molecule has 3 rings (SSSR count). The van der Waals surface area contributed by atoms with Gasteiger partial charge in [0.05, 0.1) is 6.54 Å². The van der Waals surface area contributed by atoms with Crippen molar-refractivity contribution < 1.29 is 4.79 Å². The summed E-state index contributed by atoms with van der Waals surface area (Å²) in [6.45, 7) is 10.3. The molecule has 4 nitrogen and oxygen atoms in total. The minimum Gasteiger partial charge on any atom is -0.350 e. The summed E-state index contributed by atoms with van der Waals surface area (Å²) in [5, 5.41) is 6.52. The van der Waals surface area contributed by atoms with Crippen LogP contribution in [0, 0.1) is 5.92 Å². The Balaban J connectivity index is 1.73. The third-order valence-corrected chi connectivity index (χ3v) is 4.54. The molecule has 1 unspecified atom stereocenters. The molecular weight excluding hydrogens is 226 g/mol. The summed E-state index contributed by atoms with van der Waals surface area (Å²) in [6, 6.07) is 0.517. The molecule has 18 heavy (non-hydrogen) atoms. The van der Waals surface area contributed by atoms with Crippen LogP contribution in [0.3, 0.4) is 0 Å². The van der Waals surface area contributed by atoms with Crippen molar-refractivity contribution in [3.05, 3.63) is 0 Å². The molecule has 3 aliphatic rings. The highest BCUT2D eigenvalue weighted by atomic mass is 16.2. The number of fused-ring (bicyclic) bond motifs is 3. The van der Waals surface area contributed by atoms with E-state index < -0.39 is 0 Å². The van der Waals surface area contributed by atoms with Crippen molar-refractivity contribution in [1.29, 1.82) is 0 Å². The van der Waals surface area contributed by atoms with Crippen molar-refractivity contribution in [3.63, 3.8) is 0 Å². The molecular formula is C14H27N3O. The van der Waals surface area contributed by atoms with Gasteiger partial charge in [-0.25, -0.2) is 0 Å². The lowest BCUT2D eigenvalue weighted by Gasteiger charge is -2.45. The van der Waals surface area contributed by atoms with Gasteiger partial charge >= 0.3 is 0 Å². The average Bonchev–Trinajstić information content (AvgIpc) is 2.37. The molecule has 0 aromatic carbocycles. The fraction of sp³-hybridized carbons (Fsp3) is 0.929. The Kier molecular flexibility index (Phi) is 4.28. The van der Waals surface area contributed by atoms with Crippen LogP contribution < -0.4 is 10.6 Å². The predicted octanol–water partition coefficient (Wildman–Crippen LogP) is 0.975. The number of amides is 1. The van der Waals surface area contributed by atoms with E-state index in [2.05, 4.69) is 36.3 Å². The molecule has 4 heteroatoms. The predicted molar refractivity (Wildman–Crippen MR) is 73.5 cm³/mol. The number of rotatable bonds is 5. The second kappa shape index (κ2) is 5.57. The first kappa shape index (κ1) is 13.8. The maximum atomic E-state index is 11.9. The van der Waals surface area contributed by atoms with Crippen LogP contribution in [-0.4, -0.2) is 48.6 Å².